The van der Waals surface area contributed by atoms with E-state index in [9.17, 15) is 14.0 Å². The molecule has 1 saturated carbocycles. The molecule has 2 rings (SSSR count). The van der Waals surface area contributed by atoms with Crippen LogP contribution in [0.15, 0.2) is 24.3 Å². The van der Waals surface area contributed by atoms with Crippen LogP contribution in [0.25, 0.3) is 0 Å². The van der Waals surface area contributed by atoms with Gasteiger partial charge in [-0.2, -0.15) is 0 Å². The van der Waals surface area contributed by atoms with Gasteiger partial charge in [0.1, 0.15) is 5.82 Å². The van der Waals surface area contributed by atoms with Gasteiger partial charge in [-0.25, -0.2) is 4.39 Å². The average molecular weight is 352 g/mol. The van der Waals surface area contributed by atoms with Gasteiger partial charge in [-0.15, -0.1) is 11.8 Å². The highest BCUT2D eigenvalue weighted by Gasteiger charge is 2.14. The lowest BCUT2D eigenvalue weighted by Gasteiger charge is -2.20. The molecule has 0 aliphatic heterocycles. The summed E-state index contributed by atoms with van der Waals surface area (Å²) >= 11 is 1.29. The highest BCUT2D eigenvalue weighted by Crippen LogP contribution is 2.17. The van der Waals surface area contributed by atoms with Crippen LogP contribution in [-0.4, -0.2) is 29.4 Å². The number of nitrogens with one attached hydrogen (secondary N) is 2. The lowest BCUT2D eigenvalue weighted by Crippen LogP contribution is -2.36. The summed E-state index contributed by atoms with van der Waals surface area (Å²) in [5.41, 5.74) is 0.556. The van der Waals surface area contributed by atoms with E-state index in [4.69, 9.17) is 0 Å². The van der Waals surface area contributed by atoms with Gasteiger partial charge >= 0.3 is 0 Å². The normalized spacial score (nSPS) is 16.0. The highest BCUT2D eigenvalue weighted by molar-refractivity contribution is 8.00. The van der Waals surface area contributed by atoms with Crippen molar-refractivity contribution in [1.82, 2.24) is 5.32 Å². The smallest absolute Gasteiger partial charge is 0.234 e. The highest BCUT2D eigenvalue weighted by atomic mass is 32.2. The molecule has 1 fully saturated rings. The summed E-state index contributed by atoms with van der Waals surface area (Å²) in [6.45, 7) is 0. The second-order valence-electron chi connectivity index (χ2n) is 6.16. The molecule has 24 heavy (non-hydrogen) atoms. The van der Waals surface area contributed by atoms with Crippen LogP contribution in [0.4, 0.5) is 10.1 Å². The van der Waals surface area contributed by atoms with Gasteiger partial charge in [0.2, 0.25) is 11.8 Å². The number of halogens is 1. The number of amides is 2. The molecule has 132 valence electrons. The van der Waals surface area contributed by atoms with E-state index in [0.29, 0.717) is 5.69 Å². The van der Waals surface area contributed by atoms with E-state index < -0.39 is 0 Å². The number of thioether (sulfide) groups is 1. The molecule has 1 aliphatic rings. The lowest BCUT2D eigenvalue weighted by molar-refractivity contribution is -0.119. The van der Waals surface area contributed by atoms with Crippen LogP contribution in [-0.2, 0) is 9.59 Å². The van der Waals surface area contributed by atoms with Crippen LogP contribution in [0, 0.1) is 5.82 Å². The summed E-state index contributed by atoms with van der Waals surface area (Å²) in [4.78, 5) is 23.8. The average Bonchev–Trinajstić information content (AvgIpc) is 2.52. The Morgan fingerprint density at radius 3 is 2.21 bits per heavy atom. The van der Waals surface area contributed by atoms with Gasteiger partial charge in [0, 0.05) is 11.7 Å². The molecule has 2 amide bonds. The van der Waals surface area contributed by atoms with Crippen LogP contribution in [0.5, 0.6) is 0 Å². The molecule has 4 nitrogen and oxygen atoms in total. The molecule has 0 bridgehead atoms. The molecule has 0 spiro atoms. The third-order valence-electron chi connectivity index (χ3n) is 4.06. The number of anilines is 1. The first-order valence-electron chi connectivity index (χ1n) is 8.56. The number of hydrogen-bond acceptors (Lipinski definition) is 3. The van der Waals surface area contributed by atoms with E-state index in [1.54, 1.807) is 0 Å². The second-order valence-corrected chi connectivity index (χ2v) is 7.14. The molecule has 0 heterocycles. The SMILES string of the molecule is O=C(CSCC(=O)NC1CCCCCCC1)Nc1ccc(F)cc1. The van der Waals surface area contributed by atoms with Crippen LogP contribution in [0.1, 0.15) is 44.9 Å². The predicted molar refractivity (Wildman–Crippen MR) is 96.6 cm³/mol. The van der Waals surface area contributed by atoms with E-state index in [1.165, 1.54) is 68.1 Å². The first kappa shape index (κ1) is 18.8. The molecule has 0 aromatic heterocycles. The molecular weight excluding hydrogens is 327 g/mol. The zero-order chi connectivity index (χ0) is 17.2. The summed E-state index contributed by atoms with van der Waals surface area (Å²) in [7, 11) is 0. The van der Waals surface area contributed by atoms with Gasteiger partial charge in [0.05, 0.1) is 11.5 Å². The topological polar surface area (TPSA) is 58.2 Å². The lowest BCUT2D eigenvalue weighted by atomic mass is 9.97. The molecule has 1 aromatic rings. The number of carbonyl (C=O) groups excluding carboxylic acids is 2. The van der Waals surface area contributed by atoms with Crippen molar-refractivity contribution >= 4 is 29.3 Å². The summed E-state index contributed by atoms with van der Waals surface area (Å²) in [6, 6.07) is 5.90. The Kier molecular flexibility index (Phi) is 8.08. The van der Waals surface area contributed by atoms with E-state index in [0.717, 1.165) is 12.8 Å². The Morgan fingerprint density at radius 1 is 0.958 bits per heavy atom. The molecule has 2 N–H and O–H groups in total. The number of benzene rings is 1. The Hall–Kier alpha value is -1.56. The Bertz CT molecular complexity index is 528. The van der Waals surface area contributed by atoms with Crippen molar-refractivity contribution < 1.29 is 14.0 Å². The van der Waals surface area contributed by atoms with E-state index in [2.05, 4.69) is 10.6 Å². The summed E-state index contributed by atoms with van der Waals surface area (Å²) in [5, 5.41) is 5.76. The maximum absolute atomic E-state index is 12.8. The van der Waals surface area contributed by atoms with Crippen molar-refractivity contribution in [3.63, 3.8) is 0 Å². The second kappa shape index (κ2) is 10.3. The Morgan fingerprint density at radius 2 is 1.54 bits per heavy atom. The summed E-state index contributed by atoms with van der Waals surface area (Å²) in [5.74, 6) is -0.0400. The number of hydrogen-bond donors (Lipinski definition) is 2. The molecule has 0 radical (unpaired) electrons. The van der Waals surface area contributed by atoms with Crippen LogP contribution in [0.2, 0.25) is 0 Å². The van der Waals surface area contributed by atoms with Crippen molar-refractivity contribution in [3.05, 3.63) is 30.1 Å². The van der Waals surface area contributed by atoms with Crippen molar-refractivity contribution in [3.8, 4) is 0 Å². The quantitative estimate of drug-likeness (QED) is 0.820. The molecule has 0 saturated heterocycles. The predicted octanol–water partition coefficient (Wildman–Crippen LogP) is 3.73. The van der Waals surface area contributed by atoms with Gasteiger partial charge in [0.25, 0.3) is 0 Å². The molecule has 1 aromatic carbocycles. The minimum absolute atomic E-state index is 0.000144. The first-order chi connectivity index (χ1) is 11.6. The first-order valence-corrected chi connectivity index (χ1v) is 9.71. The number of carbonyl (C=O) groups is 2. The third kappa shape index (κ3) is 7.34. The molecule has 1 aliphatic carbocycles. The van der Waals surface area contributed by atoms with E-state index in [-0.39, 0.29) is 35.2 Å². The van der Waals surface area contributed by atoms with Gasteiger partial charge < -0.3 is 10.6 Å². The maximum Gasteiger partial charge on any atom is 0.234 e. The van der Waals surface area contributed by atoms with Gasteiger partial charge in [-0.3, -0.25) is 9.59 Å². The standard InChI is InChI=1S/C18H25FN2O2S/c19-14-8-10-16(11-9-14)21-18(23)13-24-12-17(22)20-15-6-4-2-1-3-5-7-15/h8-11,15H,1-7,12-13H2,(H,20,22)(H,21,23). The van der Waals surface area contributed by atoms with Crippen LogP contribution >= 0.6 is 11.8 Å². The van der Waals surface area contributed by atoms with Crippen LogP contribution in [0.3, 0.4) is 0 Å². The minimum Gasteiger partial charge on any atom is -0.353 e. The van der Waals surface area contributed by atoms with E-state index in [1.807, 2.05) is 0 Å². The summed E-state index contributed by atoms with van der Waals surface area (Å²) < 4.78 is 12.8. The maximum atomic E-state index is 12.8. The fraction of sp³-hybridized carbons (Fsp3) is 0.556. The fourth-order valence-corrected chi connectivity index (χ4v) is 3.46. The zero-order valence-corrected chi connectivity index (χ0v) is 14.7. The van der Waals surface area contributed by atoms with E-state index >= 15 is 0 Å². The minimum atomic E-state index is -0.340. The van der Waals surface area contributed by atoms with Crippen LogP contribution < -0.4 is 10.6 Å². The number of rotatable bonds is 6. The zero-order valence-electron chi connectivity index (χ0n) is 13.9. The van der Waals surface area contributed by atoms with Gasteiger partial charge in [-0.05, 0) is 37.1 Å². The summed E-state index contributed by atoms with van der Waals surface area (Å²) in [6.07, 6.45) is 8.29. The largest absolute Gasteiger partial charge is 0.353 e. The Labute approximate surface area is 147 Å². The molecule has 0 atom stereocenters. The van der Waals surface area contributed by atoms with Crippen molar-refractivity contribution in [2.75, 3.05) is 16.8 Å². The Balaban J connectivity index is 1.62. The van der Waals surface area contributed by atoms with Crippen molar-refractivity contribution in [2.24, 2.45) is 0 Å². The van der Waals surface area contributed by atoms with Gasteiger partial charge in [-0.1, -0.05) is 32.1 Å². The molecule has 6 heteroatoms. The third-order valence-corrected chi connectivity index (χ3v) is 5.00. The monoisotopic (exact) mass is 352 g/mol. The van der Waals surface area contributed by atoms with Crippen molar-refractivity contribution in [2.45, 2.75) is 51.0 Å². The van der Waals surface area contributed by atoms with Crippen molar-refractivity contribution in [1.29, 1.82) is 0 Å². The van der Waals surface area contributed by atoms with Gasteiger partial charge in [0.15, 0.2) is 0 Å². The molecule has 0 unspecified atom stereocenters. The fourth-order valence-electron chi connectivity index (χ4n) is 2.84. The molecular formula is C18H25FN2O2S.